The quantitative estimate of drug-likeness (QED) is 0.860. The maximum atomic E-state index is 4.15. The molecule has 3 nitrogen and oxygen atoms in total. The number of para-hydroxylation sites is 1. The van der Waals surface area contributed by atoms with Crippen molar-refractivity contribution in [1.29, 1.82) is 0 Å². The molecule has 1 heterocycles. The number of anilines is 1. The van der Waals surface area contributed by atoms with E-state index < -0.39 is 0 Å². The number of nitrogens with zero attached hydrogens (tertiary/aromatic N) is 2. The van der Waals surface area contributed by atoms with E-state index in [-0.39, 0.29) is 0 Å². The number of pyridine rings is 1. The van der Waals surface area contributed by atoms with Gasteiger partial charge in [-0.3, -0.25) is 9.88 Å². The third kappa shape index (κ3) is 4.38. The molecule has 0 bridgehead atoms. The summed E-state index contributed by atoms with van der Waals surface area (Å²) in [6.07, 6.45) is 3.73. The first kappa shape index (κ1) is 13.6. The van der Waals surface area contributed by atoms with Crippen LogP contribution in [0.4, 0.5) is 5.69 Å². The number of likely N-dealkylation sites (N-methyl/N-ethyl adjacent to an activating group) is 1. The molecule has 0 spiro atoms. The number of hydrogen-bond acceptors (Lipinski definition) is 3. The molecule has 0 aliphatic carbocycles. The van der Waals surface area contributed by atoms with E-state index >= 15 is 0 Å². The average Bonchev–Trinajstić information content (AvgIpc) is 2.47. The number of benzene rings is 1. The van der Waals surface area contributed by atoms with Crippen molar-refractivity contribution in [3.05, 3.63) is 60.4 Å². The number of aromatic nitrogens is 1. The molecule has 0 saturated heterocycles. The Morgan fingerprint density at radius 1 is 1.16 bits per heavy atom. The first-order chi connectivity index (χ1) is 9.25. The van der Waals surface area contributed by atoms with E-state index in [9.17, 15) is 0 Å². The smallest absolute Gasteiger partial charge is 0.0340 e. The maximum absolute atomic E-state index is 4.15. The van der Waals surface area contributed by atoms with Crippen LogP contribution in [0, 0.1) is 0 Å². The van der Waals surface area contributed by atoms with Crippen LogP contribution in [0.25, 0.3) is 0 Å². The number of rotatable bonds is 6. The normalized spacial score (nSPS) is 12.4. The van der Waals surface area contributed by atoms with Gasteiger partial charge in [0.2, 0.25) is 0 Å². The molecule has 1 unspecified atom stereocenters. The van der Waals surface area contributed by atoms with E-state index in [0.717, 1.165) is 13.1 Å². The summed E-state index contributed by atoms with van der Waals surface area (Å²) < 4.78 is 0. The molecule has 2 aromatic rings. The largest absolute Gasteiger partial charge is 0.383 e. The van der Waals surface area contributed by atoms with Gasteiger partial charge in [-0.1, -0.05) is 24.3 Å². The summed E-state index contributed by atoms with van der Waals surface area (Å²) in [7, 11) is 2.14. The fourth-order valence-corrected chi connectivity index (χ4v) is 1.91. The minimum absolute atomic E-state index is 0.459. The Kier molecular flexibility index (Phi) is 4.93. The van der Waals surface area contributed by atoms with Gasteiger partial charge in [-0.2, -0.15) is 0 Å². The van der Waals surface area contributed by atoms with Crippen LogP contribution in [0.3, 0.4) is 0 Å². The molecular weight excluding hydrogens is 234 g/mol. The van der Waals surface area contributed by atoms with Gasteiger partial charge in [0.05, 0.1) is 0 Å². The van der Waals surface area contributed by atoms with E-state index in [1.165, 1.54) is 11.3 Å². The molecule has 0 saturated carbocycles. The third-order valence-corrected chi connectivity index (χ3v) is 3.28. The second kappa shape index (κ2) is 6.90. The zero-order chi connectivity index (χ0) is 13.5. The molecule has 1 atom stereocenters. The second-order valence-electron chi connectivity index (χ2n) is 4.87. The van der Waals surface area contributed by atoms with Gasteiger partial charge in [0.15, 0.2) is 0 Å². The molecule has 1 N–H and O–H groups in total. The molecule has 1 aromatic heterocycles. The Balaban J connectivity index is 1.81. The lowest BCUT2D eigenvalue weighted by Gasteiger charge is -2.25. The van der Waals surface area contributed by atoms with Crippen molar-refractivity contribution in [1.82, 2.24) is 9.88 Å². The standard InChI is InChI=1S/C16H21N3/c1-14(11-18-16-8-4-3-5-9-16)19(2)13-15-7-6-10-17-12-15/h3-10,12,14,18H,11,13H2,1-2H3. The second-order valence-corrected chi connectivity index (χ2v) is 4.87. The minimum atomic E-state index is 0.459. The predicted molar refractivity (Wildman–Crippen MR) is 80.1 cm³/mol. The minimum Gasteiger partial charge on any atom is -0.383 e. The van der Waals surface area contributed by atoms with E-state index in [4.69, 9.17) is 0 Å². The Labute approximate surface area is 115 Å². The lowest BCUT2D eigenvalue weighted by molar-refractivity contribution is 0.259. The van der Waals surface area contributed by atoms with Gasteiger partial charge in [-0.15, -0.1) is 0 Å². The fourth-order valence-electron chi connectivity index (χ4n) is 1.91. The Bertz CT molecular complexity index is 470. The van der Waals surface area contributed by atoms with Crippen LogP contribution in [-0.2, 0) is 6.54 Å². The first-order valence-corrected chi connectivity index (χ1v) is 6.64. The van der Waals surface area contributed by atoms with Crippen LogP contribution in [-0.4, -0.2) is 29.5 Å². The highest BCUT2D eigenvalue weighted by atomic mass is 15.1. The summed E-state index contributed by atoms with van der Waals surface area (Å²) in [6.45, 7) is 4.08. The van der Waals surface area contributed by atoms with Crippen LogP contribution >= 0.6 is 0 Å². The van der Waals surface area contributed by atoms with E-state index in [2.05, 4.69) is 47.4 Å². The van der Waals surface area contributed by atoms with Gasteiger partial charge in [0.1, 0.15) is 0 Å². The predicted octanol–water partition coefficient (Wildman–Crippen LogP) is 3.01. The average molecular weight is 255 g/mol. The Morgan fingerprint density at radius 3 is 2.63 bits per heavy atom. The lowest BCUT2D eigenvalue weighted by atomic mass is 10.2. The van der Waals surface area contributed by atoms with Crippen molar-refractivity contribution in [3.8, 4) is 0 Å². The van der Waals surface area contributed by atoms with Crippen LogP contribution in [0.5, 0.6) is 0 Å². The SMILES string of the molecule is CC(CNc1ccccc1)N(C)Cc1cccnc1. The van der Waals surface area contributed by atoms with Crippen LogP contribution in [0.2, 0.25) is 0 Å². The van der Waals surface area contributed by atoms with Crippen molar-refractivity contribution in [3.63, 3.8) is 0 Å². The van der Waals surface area contributed by atoms with Crippen molar-refractivity contribution in [2.45, 2.75) is 19.5 Å². The molecule has 0 amide bonds. The molecule has 0 aliphatic rings. The third-order valence-electron chi connectivity index (χ3n) is 3.28. The molecule has 0 aliphatic heterocycles. The molecule has 0 radical (unpaired) electrons. The Morgan fingerprint density at radius 2 is 1.95 bits per heavy atom. The summed E-state index contributed by atoms with van der Waals surface area (Å²) in [5.41, 5.74) is 2.42. The molecule has 100 valence electrons. The summed E-state index contributed by atoms with van der Waals surface area (Å²) in [5.74, 6) is 0. The lowest BCUT2D eigenvalue weighted by Crippen LogP contribution is -2.34. The van der Waals surface area contributed by atoms with Crippen molar-refractivity contribution in [2.75, 3.05) is 18.9 Å². The summed E-state index contributed by atoms with van der Waals surface area (Å²) >= 11 is 0. The molecule has 3 heteroatoms. The van der Waals surface area contributed by atoms with Gasteiger partial charge >= 0.3 is 0 Å². The molecular formula is C16H21N3. The maximum Gasteiger partial charge on any atom is 0.0340 e. The van der Waals surface area contributed by atoms with Gasteiger partial charge in [-0.05, 0) is 37.7 Å². The Hall–Kier alpha value is -1.87. The number of nitrogens with one attached hydrogen (secondary N) is 1. The van der Waals surface area contributed by atoms with Crippen LogP contribution in [0.15, 0.2) is 54.9 Å². The molecule has 19 heavy (non-hydrogen) atoms. The summed E-state index contributed by atoms with van der Waals surface area (Å²) in [6, 6.07) is 14.9. The first-order valence-electron chi connectivity index (χ1n) is 6.64. The zero-order valence-electron chi connectivity index (χ0n) is 11.6. The van der Waals surface area contributed by atoms with E-state index in [1.807, 2.05) is 36.7 Å². The topological polar surface area (TPSA) is 28.2 Å². The molecule has 1 aromatic carbocycles. The fraction of sp³-hybridized carbons (Fsp3) is 0.312. The van der Waals surface area contributed by atoms with Crippen molar-refractivity contribution in [2.24, 2.45) is 0 Å². The van der Waals surface area contributed by atoms with Crippen LogP contribution in [0.1, 0.15) is 12.5 Å². The van der Waals surface area contributed by atoms with E-state index in [0.29, 0.717) is 6.04 Å². The van der Waals surface area contributed by atoms with Gasteiger partial charge in [0, 0.05) is 37.2 Å². The van der Waals surface area contributed by atoms with Gasteiger partial charge < -0.3 is 5.32 Å². The highest BCUT2D eigenvalue weighted by Crippen LogP contribution is 2.08. The molecule has 0 fully saturated rings. The van der Waals surface area contributed by atoms with Gasteiger partial charge in [0.25, 0.3) is 0 Å². The summed E-state index contributed by atoms with van der Waals surface area (Å²) in [5, 5.41) is 3.45. The highest BCUT2D eigenvalue weighted by Gasteiger charge is 2.09. The molecule has 2 rings (SSSR count). The van der Waals surface area contributed by atoms with Crippen molar-refractivity contribution >= 4 is 5.69 Å². The highest BCUT2D eigenvalue weighted by molar-refractivity contribution is 5.42. The van der Waals surface area contributed by atoms with Crippen LogP contribution < -0.4 is 5.32 Å². The summed E-state index contributed by atoms with van der Waals surface area (Å²) in [4.78, 5) is 6.47. The van der Waals surface area contributed by atoms with Crippen molar-refractivity contribution < 1.29 is 0 Å². The number of hydrogen-bond donors (Lipinski definition) is 1. The monoisotopic (exact) mass is 255 g/mol. The van der Waals surface area contributed by atoms with E-state index in [1.54, 1.807) is 0 Å². The van der Waals surface area contributed by atoms with Gasteiger partial charge in [-0.25, -0.2) is 0 Å². The zero-order valence-corrected chi connectivity index (χ0v) is 11.6.